The van der Waals surface area contributed by atoms with E-state index in [0.29, 0.717) is 37.6 Å². The maximum atomic E-state index is 12.4. The summed E-state index contributed by atoms with van der Waals surface area (Å²) in [6.07, 6.45) is 3.16. The Balaban J connectivity index is 1.36. The van der Waals surface area contributed by atoms with Gasteiger partial charge in [-0.05, 0) is 26.0 Å². The Hall–Kier alpha value is -3.27. The van der Waals surface area contributed by atoms with E-state index in [-0.39, 0.29) is 11.5 Å². The van der Waals surface area contributed by atoms with Crippen LogP contribution in [0.2, 0.25) is 0 Å². The van der Waals surface area contributed by atoms with E-state index in [1.54, 1.807) is 23.1 Å². The molecule has 0 aliphatic carbocycles. The van der Waals surface area contributed by atoms with Crippen molar-refractivity contribution < 1.29 is 4.79 Å². The summed E-state index contributed by atoms with van der Waals surface area (Å²) in [6.45, 7) is 7.89. The largest absolute Gasteiger partial charge is 0.336 e. The predicted octanol–water partition coefficient (Wildman–Crippen LogP) is 0.227. The minimum Gasteiger partial charge on any atom is -0.336 e. The number of nitrogens with zero attached hydrogens (tertiary/aromatic N) is 7. The van der Waals surface area contributed by atoms with E-state index in [1.807, 2.05) is 24.8 Å². The standard InChI is InChI=1S/C19H24N8O2/c1-14-11-15(2)27(22-14)17-3-4-18(28)26(23-17)10-7-24-5-8-25(9-6-24)19(29)16-12-20-21-13-16/h3-4,11-13H,5-10H2,1-2H3,(H,20,21). The highest BCUT2D eigenvalue weighted by atomic mass is 16.2. The Bertz CT molecular complexity index is 1040. The van der Waals surface area contributed by atoms with Crippen LogP contribution in [0.1, 0.15) is 21.7 Å². The first-order chi connectivity index (χ1) is 14.0. The van der Waals surface area contributed by atoms with E-state index in [4.69, 9.17) is 0 Å². The lowest BCUT2D eigenvalue weighted by atomic mass is 10.2. The number of aryl methyl sites for hydroxylation is 2. The molecule has 1 saturated heterocycles. The SMILES string of the molecule is Cc1cc(C)n(-c2ccc(=O)n(CCN3CCN(C(=O)c4cn[nH]c4)CC3)n2)n1. The third kappa shape index (κ3) is 4.11. The maximum Gasteiger partial charge on any atom is 0.266 e. The van der Waals surface area contributed by atoms with E-state index in [9.17, 15) is 9.59 Å². The van der Waals surface area contributed by atoms with Crippen LogP contribution < -0.4 is 5.56 Å². The summed E-state index contributed by atoms with van der Waals surface area (Å²) >= 11 is 0. The molecule has 3 aromatic rings. The van der Waals surface area contributed by atoms with Crippen molar-refractivity contribution in [1.82, 2.24) is 39.6 Å². The summed E-state index contributed by atoms with van der Waals surface area (Å²) in [5, 5.41) is 15.4. The number of aromatic amines is 1. The van der Waals surface area contributed by atoms with Crippen LogP contribution in [0.3, 0.4) is 0 Å². The molecule has 0 spiro atoms. The van der Waals surface area contributed by atoms with Gasteiger partial charge in [0.2, 0.25) is 0 Å². The minimum atomic E-state index is -0.135. The zero-order valence-electron chi connectivity index (χ0n) is 16.6. The highest BCUT2D eigenvalue weighted by Gasteiger charge is 2.22. The molecule has 10 heteroatoms. The lowest BCUT2D eigenvalue weighted by molar-refractivity contribution is 0.0631. The number of aromatic nitrogens is 6. The van der Waals surface area contributed by atoms with E-state index in [2.05, 4.69) is 25.3 Å². The van der Waals surface area contributed by atoms with Crippen molar-refractivity contribution in [2.75, 3.05) is 32.7 Å². The van der Waals surface area contributed by atoms with Gasteiger partial charge in [-0.3, -0.25) is 19.6 Å². The Kier molecular flexibility index (Phi) is 5.26. The van der Waals surface area contributed by atoms with Crippen LogP contribution in [-0.4, -0.2) is 78.2 Å². The molecule has 4 heterocycles. The fraction of sp³-hybridized carbons (Fsp3) is 0.421. The van der Waals surface area contributed by atoms with E-state index in [0.717, 1.165) is 24.5 Å². The average molecular weight is 396 g/mol. The van der Waals surface area contributed by atoms with Crippen LogP contribution in [0.4, 0.5) is 0 Å². The van der Waals surface area contributed by atoms with Crippen LogP contribution in [0.15, 0.2) is 35.4 Å². The second-order valence-electron chi connectivity index (χ2n) is 7.21. The van der Waals surface area contributed by atoms with Gasteiger partial charge in [0.25, 0.3) is 11.5 Å². The van der Waals surface area contributed by atoms with Crippen molar-refractivity contribution in [1.29, 1.82) is 0 Å². The summed E-state index contributed by atoms with van der Waals surface area (Å²) in [5.41, 5.74) is 2.32. The van der Waals surface area contributed by atoms with Crippen LogP contribution >= 0.6 is 0 Å². The molecular weight excluding hydrogens is 372 g/mol. The molecule has 1 N–H and O–H groups in total. The number of H-pyrrole nitrogens is 1. The molecule has 4 rings (SSSR count). The minimum absolute atomic E-state index is 0.00567. The Morgan fingerprint density at radius 1 is 1.10 bits per heavy atom. The topological polar surface area (TPSA) is 105 Å². The summed E-state index contributed by atoms with van der Waals surface area (Å²) in [4.78, 5) is 28.7. The summed E-state index contributed by atoms with van der Waals surface area (Å²) in [5.74, 6) is 0.625. The van der Waals surface area contributed by atoms with Gasteiger partial charge in [-0.15, -0.1) is 5.10 Å². The summed E-state index contributed by atoms with van der Waals surface area (Å²) in [7, 11) is 0. The molecule has 0 bridgehead atoms. The molecule has 0 radical (unpaired) electrons. The molecule has 0 unspecified atom stereocenters. The molecule has 1 fully saturated rings. The summed E-state index contributed by atoms with van der Waals surface area (Å²) in [6, 6.07) is 5.19. The van der Waals surface area contributed by atoms with Crippen LogP contribution in [0, 0.1) is 13.8 Å². The van der Waals surface area contributed by atoms with Crippen molar-refractivity contribution in [2.24, 2.45) is 0 Å². The molecule has 1 amide bonds. The molecule has 152 valence electrons. The first-order valence-electron chi connectivity index (χ1n) is 9.63. The van der Waals surface area contributed by atoms with Crippen LogP contribution in [-0.2, 0) is 6.54 Å². The lowest BCUT2D eigenvalue weighted by Crippen LogP contribution is -2.49. The van der Waals surface area contributed by atoms with Crippen molar-refractivity contribution in [2.45, 2.75) is 20.4 Å². The second kappa shape index (κ2) is 8.00. The average Bonchev–Trinajstić information content (AvgIpc) is 3.37. The van der Waals surface area contributed by atoms with Gasteiger partial charge < -0.3 is 4.90 Å². The van der Waals surface area contributed by atoms with Gasteiger partial charge in [0.15, 0.2) is 5.82 Å². The predicted molar refractivity (Wildman–Crippen MR) is 106 cm³/mol. The van der Waals surface area contributed by atoms with E-state index in [1.165, 1.54) is 10.7 Å². The van der Waals surface area contributed by atoms with Gasteiger partial charge >= 0.3 is 0 Å². The molecule has 0 saturated carbocycles. The normalized spacial score (nSPS) is 15.0. The van der Waals surface area contributed by atoms with Gasteiger partial charge in [0.1, 0.15) is 0 Å². The Morgan fingerprint density at radius 3 is 2.55 bits per heavy atom. The molecule has 1 aliphatic rings. The molecule has 1 aliphatic heterocycles. The number of rotatable bonds is 5. The van der Waals surface area contributed by atoms with Crippen molar-refractivity contribution in [3.8, 4) is 5.82 Å². The lowest BCUT2D eigenvalue weighted by Gasteiger charge is -2.34. The zero-order valence-corrected chi connectivity index (χ0v) is 16.6. The number of amides is 1. The number of carbonyl (C=O) groups excluding carboxylic acids is 1. The van der Waals surface area contributed by atoms with Crippen molar-refractivity contribution in [3.63, 3.8) is 0 Å². The van der Waals surface area contributed by atoms with Crippen molar-refractivity contribution in [3.05, 3.63) is 57.9 Å². The highest BCUT2D eigenvalue weighted by molar-refractivity contribution is 5.93. The number of hydrogen-bond acceptors (Lipinski definition) is 6. The second-order valence-corrected chi connectivity index (χ2v) is 7.21. The third-order valence-corrected chi connectivity index (χ3v) is 5.11. The fourth-order valence-corrected chi connectivity index (χ4v) is 3.53. The molecule has 10 nitrogen and oxygen atoms in total. The van der Waals surface area contributed by atoms with E-state index >= 15 is 0 Å². The zero-order chi connectivity index (χ0) is 20.4. The Morgan fingerprint density at radius 2 is 1.90 bits per heavy atom. The monoisotopic (exact) mass is 396 g/mol. The van der Waals surface area contributed by atoms with Gasteiger partial charge in [-0.1, -0.05) is 0 Å². The van der Waals surface area contributed by atoms with Crippen LogP contribution in [0.5, 0.6) is 0 Å². The number of piperazine rings is 1. The number of carbonyl (C=O) groups is 1. The smallest absolute Gasteiger partial charge is 0.266 e. The van der Waals surface area contributed by atoms with Gasteiger partial charge in [-0.2, -0.15) is 10.2 Å². The highest BCUT2D eigenvalue weighted by Crippen LogP contribution is 2.09. The molecule has 3 aromatic heterocycles. The quantitative estimate of drug-likeness (QED) is 0.662. The van der Waals surface area contributed by atoms with Crippen molar-refractivity contribution >= 4 is 5.91 Å². The molecule has 0 aromatic carbocycles. The third-order valence-electron chi connectivity index (χ3n) is 5.11. The maximum absolute atomic E-state index is 12.4. The first kappa shape index (κ1) is 19.1. The van der Waals surface area contributed by atoms with Gasteiger partial charge in [0.05, 0.1) is 24.0 Å². The molecule has 29 heavy (non-hydrogen) atoms. The molecule has 0 atom stereocenters. The molecular formula is C19H24N8O2. The first-order valence-corrected chi connectivity index (χ1v) is 9.63. The van der Waals surface area contributed by atoms with Gasteiger partial charge in [0, 0.05) is 50.7 Å². The van der Waals surface area contributed by atoms with E-state index < -0.39 is 0 Å². The van der Waals surface area contributed by atoms with Crippen LogP contribution in [0.25, 0.3) is 5.82 Å². The number of nitrogens with one attached hydrogen (secondary N) is 1. The number of hydrogen-bond donors (Lipinski definition) is 1. The summed E-state index contributed by atoms with van der Waals surface area (Å²) < 4.78 is 3.22. The van der Waals surface area contributed by atoms with Gasteiger partial charge in [-0.25, -0.2) is 9.36 Å². The Labute approximate surface area is 167 Å². The fourth-order valence-electron chi connectivity index (χ4n) is 3.53.